The highest BCUT2D eigenvalue weighted by molar-refractivity contribution is 6.12. The number of hydrazone groups is 1. The lowest BCUT2D eigenvalue weighted by Gasteiger charge is -2.39. The number of amides is 1. The standard InChI is InChI=1S/C23H35N5O3/c1-14-6-19(15-7-17(30-4)9-18(8-15)31-5)26-20-12-27(22(29)21(14)20)16-10-25-28(11-16)23(2,3)13-24/h10,14-19,21H,6-9,11-12H2,1-5H3. The topological polar surface area (TPSA) is 90.5 Å². The molecule has 4 aliphatic rings. The molecule has 3 aliphatic heterocycles. The van der Waals surface area contributed by atoms with Crippen molar-refractivity contribution >= 4 is 17.8 Å². The smallest absolute Gasteiger partial charge is 0.232 e. The van der Waals surface area contributed by atoms with Crippen LogP contribution in [0, 0.1) is 29.1 Å². The molecule has 8 heteroatoms. The summed E-state index contributed by atoms with van der Waals surface area (Å²) in [6, 6.07) is 2.40. The summed E-state index contributed by atoms with van der Waals surface area (Å²) in [5.74, 6) is 0.723. The Hall–Kier alpha value is -1.98. The third kappa shape index (κ3) is 4.10. The number of carbonyl (C=O) groups excluding carboxylic acids is 1. The van der Waals surface area contributed by atoms with Gasteiger partial charge in [-0.2, -0.15) is 10.4 Å². The normalized spacial score (nSPS) is 38.3. The molecule has 1 aliphatic carbocycles. The average molecular weight is 430 g/mol. The van der Waals surface area contributed by atoms with Crippen LogP contribution < -0.4 is 0 Å². The molecule has 0 bridgehead atoms. The lowest BCUT2D eigenvalue weighted by atomic mass is 9.74. The molecule has 6 unspecified atom stereocenters. The Balaban J connectivity index is 1.49. The highest BCUT2D eigenvalue weighted by Crippen LogP contribution is 2.40. The first kappa shape index (κ1) is 22.2. The molecule has 0 N–H and O–H groups in total. The van der Waals surface area contributed by atoms with Gasteiger partial charge in [-0.1, -0.05) is 6.92 Å². The summed E-state index contributed by atoms with van der Waals surface area (Å²) < 4.78 is 11.3. The van der Waals surface area contributed by atoms with Gasteiger partial charge in [-0.3, -0.25) is 14.8 Å². The minimum atomic E-state index is -0.687. The predicted octanol–water partition coefficient (Wildman–Crippen LogP) is 2.10. The first-order valence-corrected chi connectivity index (χ1v) is 11.4. The van der Waals surface area contributed by atoms with E-state index in [1.165, 1.54) is 0 Å². The zero-order valence-corrected chi connectivity index (χ0v) is 19.3. The van der Waals surface area contributed by atoms with Crippen molar-refractivity contribution in [3.63, 3.8) is 0 Å². The van der Waals surface area contributed by atoms with Crippen molar-refractivity contribution in [3.05, 3.63) is 0 Å². The molecular formula is C23H35N5O3. The van der Waals surface area contributed by atoms with Gasteiger partial charge < -0.3 is 14.4 Å². The monoisotopic (exact) mass is 429 g/mol. The van der Waals surface area contributed by atoms with E-state index >= 15 is 0 Å². The second-order valence-electron chi connectivity index (χ2n) is 10.1. The first-order valence-electron chi connectivity index (χ1n) is 11.4. The maximum absolute atomic E-state index is 13.3. The quantitative estimate of drug-likeness (QED) is 0.668. The van der Waals surface area contributed by atoms with Crippen LogP contribution in [0.5, 0.6) is 0 Å². The fraction of sp³-hybridized carbons (Fsp3) is 0.826. The number of hydrogen-bond acceptors (Lipinski definition) is 7. The zero-order chi connectivity index (χ0) is 22.3. The summed E-state index contributed by atoms with van der Waals surface area (Å²) in [4.78, 5) is 20.4. The maximum atomic E-state index is 13.3. The SMILES string of the molecule is COC1CC(OC)CC(C2CC(C)C3C(=O)N(C4C=NN(C(C)(C)C#N)C4)CC3=N2)C1. The van der Waals surface area contributed by atoms with E-state index in [0.29, 0.717) is 19.0 Å². The van der Waals surface area contributed by atoms with Gasteiger partial charge in [0.05, 0.1) is 49.4 Å². The largest absolute Gasteiger partial charge is 0.381 e. The molecular weight excluding hydrogens is 394 g/mol. The summed E-state index contributed by atoms with van der Waals surface area (Å²) in [7, 11) is 3.55. The summed E-state index contributed by atoms with van der Waals surface area (Å²) >= 11 is 0. The molecule has 31 heavy (non-hydrogen) atoms. The molecule has 1 amide bonds. The van der Waals surface area contributed by atoms with Crippen molar-refractivity contribution in [1.82, 2.24) is 9.91 Å². The van der Waals surface area contributed by atoms with E-state index in [0.717, 1.165) is 31.4 Å². The molecule has 2 fully saturated rings. The Morgan fingerprint density at radius 2 is 1.84 bits per heavy atom. The number of likely N-dealkylation sites (tertiary alicyclic amines) is 1. The van der Waals surface area contributed by atoms with Gasteiger partial charge in [-0.15, -0.1) is 0 Å². The third-order valence-electron chi connectivity index (χ3n) is 7.68. The van der Waals surface area contributed by atoms with Gasteiger partial charge in [-0.05, 0) is 51.4 Å². The first-order chi connectivity index (χ1) is 14.8. The number of nitrogens with zero attached hydrogens (tertiary/aromatic N) is 5. The number of aliphatic imine (C=N–C) groups is 1. The van der Waals surface area contributed by atoms with Crippen LogP contribution in [-0.4, -0.2) is 84.9 Å². The van der Waals surface area contributed by atoms with E-state index in [1.807, 2.05) is 25.0 Å². The predicted molar refractivity (Wildman–Crippen MR) is 118 cm³/mol. The molecule has 0 spiro atoms. The lowest BCUT2D eigenvalue weighted by Crippen LogP contribution is -2.46. The van der Waals surface area contributed by atoms with Crippen LogP contribution in [0.15, 0.2) is 10.1 Å². The molecule has 4 rings (SSSR count). The van der Waals surface area contributed by atoms with Crippen LogP contribution >= 0.6 is 0 Å². The van der Waals surface area contributed by atoms with Gasteiger partial charge >= 0.3 is 0 Å². The number of ether oxygens (including phenoxy) is 2. The van der Waals surface area contributed by atoms with Crippen molar-refractivity contribution in [1.29, 1.82) is 5.26 Å². The van der Waals surface area contributed by atoms with E-state index < -0.39 is 5.54 Å². The summed E-state index contributed by atoms with van der Waals surface area (Å²) in [6.45, 7) is 7.00. The van der Waals surface area contributed by atoms with Crippen LogP contribution in [0.25, 0.3) is 0 Å². The highest BCUT2D eigenvalue weighted by Gasteiger charge is 2.48. The molecule has 1 saturated carbocycles. The van der Waals surface area contributed by atoms with Crippen molar-refractivity contribution < 1.29 is 14.3 Å². The lowest BCUT2D eigenvalue weighted by molar-refractivity contribution is -0.133. The number of methoxy groups -OCH3 is 2. The Morgan fingerprint density at radius 1 is 1.16 bits per heavy atom. The fourth-order valence-corrected chi connectivity index (χ4v) is 5.72. The van der Waals surface area contributed by atoms with Crippen molar-refractivity contribution in [2.75, 3.05) is 27.3 Å². The van der Waals surface area contributed by atoms with Crippen molar-refractivity contribution in [3.8, 4) is 6.07 Å². The summed E-state index contributed by atoms with van der Waals surface area (Å²) in [5.41, 5.74) is 0.335. The van der Waals surface area contributed by atoms with E-state index in [1.54, 1.807) is 19.2 Å². The van der Waals surface area contributed by atoms with Gasteiger partial charge in [0, 0.05) is 26.1 Å². The minimum Gasteiger partial charge on any atom is -0.381 e. The summed E-state index contributed by atoms with van der Waals surface area (Å²) in [6.07, 6.45) is 6.10. The Morgan fingerprint density at radius 3 is 2.45 bits per heavy atom. The molecule has 0 radical (unpaired) electrons. The van der Waals surface area contributed by atoms with Crippen LogP contribution in [-0.2, 0) is 14.3 Å². The second kappa shape index (κ2) is 8.51. The van der Waals surface area contributed by atoms with E-state index in [4.69, 9.17) is 14.5 Å². The molecule has 3 heterocycles. The number of hydrogen-bond donors (Lipinski definition) is 0. The molecule has 0 aromatic carbocycles. The molecule has 8 nitrogen and oxygen atoms in total. The van der Waals surface area contributed by atoms with Gasteiger partial charge in [0.2, 0.25) is 5.91 Å². The third-order valence-corrected chi connectivity index (χ3v) is 7.68. The number of nitriles is 1. The Labute approximate surface area is 185 Å². The number of rotatable bonds is 5. The van der Waals surface area contributed by atoms with E-state index in [-0.39, 0.29) is 42.0 Å². The number of fused-ring (bicyclic) bond motifs is 1. The van der Waals surface area contributed by atoms with Gasteiger partial charge in [0.15, 0.2) is 0 Å². The average Bonchev–Trinajstić information content (AvgIpc) is 3.38. The minimum absolute atomic E-state index is 0.107. The van der Waals surface area contributed by atoms with Crippen molar-refractivity contribution in [2.45, 2.75) is 76.3 Å². The molecule has 6 atom stereocenters. The molecule has 0 aromatic rings. The summed E-state index contributed by atoms with van der Waals surface area (Å²) in [5, 5.41) is 15.6. The van der Waals surface area contributed by atoms with Crippen LogP contribution in [0.2, 0.25) is 0 Å². The van der Waals surface area contributed by atoms with Crippen LogP contribution in [0.1, 0.15) is 46.5 Å². The Kier molecular flexibility index (Phi) is 6.10. The van der Waals surface area contributed by atoms with Gasteiger partial charge in [0.25, 0.3) is 0 Å². The zero-order valence-electron chi connectivity index (χ0n) is 19.3. The van der Waals surface area contributed by atoms with Gasteiger partial charge in [0.1, 0.15) is 5.54 Å². The van der Waals surface area contributed by atoms with Gasteiger partial charge in [-0.25, -0.2) is 0 Å². The fourth-order valence-electron chi connectivity index (χ4n) is 5.72. The number of carbonyl (C=O) groups is 1. The molecule has 0 aromatic heterocycles. The molecule has 1 saturated heterocycles. The van der Waals surface area contributed by atoms with E-state index in [2.05, 4.69) is 18.1 Å². The second-order valence-corrected chi connectivity index (χ2v) is 10.1. The van der Waals surface area contributed by atoms with E-state index in [9.17, 15) is 10.1 Å². The Bertz CT molecular complexity index is 792. The van der Waals surface area contributed by atoms with Crippen molar-refractivity contribution in [2.24, 2.45) is 27.8 Å². The highest BCUT2D eigenvalue weighted by atomic mass is 16.5. The van der Waals surface area contributed by atoms with Crippen LogP contribution in [0.4, 0.5) is 0 Å². The van der Waals surface area contributed by atoms with Crippen LogP contribution in [0.3, 0.4) is 0 Å². The maximum Gasteiger partial charge on any atom is 0.232 e. The molecule has 170 valence electrons.